The average molecular weight is 445 g/mol. The van der Waals surface area contributed by atoms with Crippen LogP contribution in [0.15, 0.2) is 47.6 Å². The number of rotatable bonds is 5. The first-order valence-corrected chi connectivity index (χ1v) is 10.8. The third-order valence-electron chi connectivity index (χ3n) is 4.65. The maximum atomic E-state index is 12.3. The first-order valence-electron chi connectivity index (χ1n) is 9.06. The molecule has 0 unspecified atom stereocenters. The van der Waals surface area contributed by atoms with Crippen LogP contribution >= 0.6 is 35.0 Å². The van der Waals surface area contributed by atoms with Crippen molar-refractivity contribution in [1.82, 2.24) is 14.6 Å². The van der Waals surface area contributed by atoms with E-state index in [1.807, 2.05) is 6.07 Å². The van der Waals surface area contributed by atoms with Gasteiger partial charge in [0.1, 0.15) is 0 Å². The van der Waals surface area contributed by atoms with Gasteiger partial charge in [-0.05, 0) is 49.2 Å². The Bertz CT molecular complexity index is 1240. The molecule has 148 valence electrons. The number of aromatic nitrogens is 3. The molecule has 0 atom stereocenters. The van der Waals surface area contributed by atoms with Crippen LogP contribution in [-0.2, 0) is 4.79 Å². The van der Waals surface area contributed by atoms with Gasteiger partial charge in [-0.3, -0.25) is 9.20 Å². The van der Waals surface area contributed by atoms with Gasteiger partial charge in [0.15, 0.2) is 10.8 Å². The number of carbonyl (C=O) groups excluding carboxylic acids is 1. The van der Waals surface area contributed by atoms with E-state index in [9.17, 15) is 4.79 Å². The van der Waals surface area contributed by atoms with Gasteiger partial charge in [0.25, 0.3) is 0 Å². The molecule has 0 saturated carbocycles. The van der Waals surface area contributed by atoms with E-state index < -0.39 is 0 Å². The summed E-state index contributed by atoms with van der Waals surface area (Å²) < 4.78 is 2.06. The van der Waals surface area contributed by atoms with Crippen molar-refractivity contribution in [3.63, 3.8) is 0 Å². The van der Waals surface area contributed by atoms with Crippen LogP contribution in [0.5, 0.6) is 0 Å². The van der Waals surface area contributed by atoms with E-state index >= 15 is 0 Å². The van der Waals surface area contributed by atoms with Gasteiger partial charge in [0.05, 0.1) is 16.2 Å². The molecular weight excluding hydrogens is 427 g/mol. The molecule has 2 heterocycles. The molecule has 0 bridgehead atoms. The first-order chi connectivity index (χ1) is 13.9. The fourth-order valence-corrected chi connectivity index (χ4v) is 4.48. The highest BCUT2D eigenvalue weighted by Gasteiger charge is 2.14. The zero-order valence-corrected chi connectivity index (χ0v) is 18.2. The van der Waals surface area contributed by atoms with Gasteiger partial charge in [0.2, 0.25) is 5.91 Å². The molecule has 4 aromatic rings. The van der Waals surface area contributed by atoms with Crippen molar-refractivity contribution in [3.05, 3.63) is 63.6 Å². The van der Waals surface area contributed by atoms with Crippen LogP contribution in [0.4, 0.5) is 5.69 Å². The number of pyridine rings is 1. The van der Waals surface area contributed by atoms with Crippen molar-refractivity contribution < 1.29 is 4.79 Å². The molecule has 1 amide bonds. The van der Waals surface area contributed by atoms with Crippen LogP contribution in [0.1, 0.15) is 17.5 Å². The molecule has 0 aliphatic rings. The number of anilines is 1. The Hall–Kier alpha value is -2.28. The number of nitrogens with zero attached hydrogens (tertiary/aromatic N) is 3. The van der Waals surface area contributed by atoms with Crippen molar-refractivity contribution >= 4 is 63.1 Å². The Morgan fingerprint density at radius 2 is 1.93 bits per heavy atom. The zero-order chi connectivity index (χ0) is 20.5. The highest BCUT2D eigenvalue weighted by atomic mass is 35.5. The summed E-state index contributed by atoms with van der Waals surface area (Å²) in [6.07, 6.45) is 0.311. The molecule has 0 saturated heterocycles. The second-order valence-electron chi connectivity index (χ2n) is 6.75. The molecule has 29 heavy (non-hydrogen) atoms. The number of aryl methyl sites for hydroxylation is 2. The molecule has 0 aliphatic heterocycles. The van der Waals surface area contributed by atoms with E-state index in [-0.39, 0.29) is 5.91 Å². The maximum Gasteiger partial charge on any atom is 0.225 e. The minimum Gasteiger partial charge on any atom is -0.325 e. The summed E-state index contributed by atoms with van der Waals surface area (Å²) in [5, 5.41) is 14.4. The van der Waals surface area contributed by atoms with Crippen molar-refractivity contribution in [2.45, 2.75) is 25.4 Å². The number of hydrogen-bond donors (Lipinski definition) is 1. The standard InChI is InChI=1S/C21H18Cl2N4OS/c1-12-4-3-5-15-13(2)10-18-25-26-21(27(18)20(12)15)29-9-8-19(28)24-17-11-14(22)6-7-16(17)23/h3-7,10-11H,8-9H2,1-2H3,(H,24,28). The summed E-state index contributed by atoms with van der Waals surface area (Å²) in [6, 6.07) is 13.3. The number of halogens is 2. The smallest absolute Gasteiger partial charge is 0.225 e. The summed E-state index contributed by atoms with van der Waals surface area (Å²) in [6.45, 7) is 4.16. The number of para-hydroxylation sites is 1. The molecule has 1 N–H and O–H groups in total. The minimum atomic E-state index is -0.132. The second kappa shape index (κ2) is 8.22. The summed E-state index contributed by atoms with van der Waals surface area (Å²) >= 11 is 13.6. The van der Waals surface area contributed by atoms with Crippen molar-refractivity contribution in [1.29, 1.82) is 0 Å². The van der Waals surface area contributed by atoms with Gasteiger partial charge >= 0.3 is 0 Å². The lowest BCUT2D eigenvalue weighted by Crippen LogP contribution is -2.12. The lowest BCUT2D eigenvalue weighted by atomic mass is 10.1. The van der Waals surface area contributed by atoms with Crippen LogP contribution in [0, 0.1) is 13.8 Å². The number of fused-ring (bicyclic) bond motifs is 3. The summed E-state index contributed by atoms with van der Waals surface area (Å²) in [5.41, 5.74) is 4.75. The predicted octanol–water partition coefficient (Wildman–Crippen LogP) is 5.93. The van der Waals surface area contributed by atoms with E-state index in [1.165, 1.54) is 17.1 Å². The maximum absolute atomic E-state index is 12.3. The zero-order valence-electron chi connectivity index (χ0n) is 15.9. The number of carbonyl (C=O) groups is 1. The lowest BCUT2D eigenvalue weighted by molar-refractivity contribution is -0.115. The number of hydrogen-bond acceptors (Lipinski definition) is 4. The van der Waals surface area contributed by atoms with Gasteiger partial charge < -0.3 is 5.32 Å². The molecule has 0 fully saturated rings. The fourth-order valence-electron chi connectivity index (χ4n) is 3.26. The number of thioether (sulfide) groups is 1. The topological polar surface area (TPSA) is 59.3 Å². The third-order valence-corrected chi connectivity index (χ3v) is 6.15. The van der Waals surface area contributed by atoms with Crippen molar-refractivity contribution in [2.24, 2.45) is 0 Å². The van der Waals surface area contributed by atoms with E-state index in [4.69, 9.17) is 23.2 Å². The fraction of sp³-hybridized carbons (Fsp3) is 0.190. The highest BCUT2D eigenvalue weighted by molar-refractivity contribution is 7.99. The molecular formula is C21H18Cl2N4OS. The van der Waals surface area contributed by atoms with E-state index in [1.54, 1.807) is 18.2 Å². The van der Waals surface area contributed by atoms with Crippen molar-refractivity contribution in [3.8, 4) is 0 Å². The molecule has 8 heteroatoms. The second-order valence-corrected chi connectivity index (χ2v) is 8.65. The van der Waals surface area contributed by atoms with Crippen LogP contribution in [0.25, 0.3) is 16.6 Å². The Morgan fingerprint density at radius 1 is 1.10 bits per heavy atom. The monoisotopic (exact) mass is 444 g/mol. The van der Waals surface area contributed by atoms with E-state index in [2.05, 4.69) is 52.0 Å². The number of benzene rings is 2. The SMILES string of the molecule is Cc1cc2nnc(SCCC(=O)Nc3cc(Cl)ccc3Cl)n2c2c(C)cccc12. The Morgan fingerprint density at radius 3 is 2.76 bits per heavy atom. The lowest BCUT2D eigenvalue weighted by Gasteiger charge is -2.10. The molecule has 0 spiro atoms. The highest BCUT2D eigenvalue weighted by Crippen LogP contribution is 2.29. The van der Waals surface area contributed by atoms with Gasteiger partial charge in [-0.15, -0.1) is 10.2 Å². The largest absolute Gasteiger partial charge is 0.325 e. The molecule has 2 aromatic carbocycles. The van der Waals surface area contributed by atoms with Crippen LogP contribution in [-0.4, -0.2) is 26.3 Å². The normalized spacial score (nSPS) is 11.3. The summed E-state index contributed by atoms with van der Waals surface area (Å²) in [5.74, 6) is 0.430. The average Bonchev–Trinajstić information content (AvgIpc) is 3.07. The molecule has 2 aromatic heterocycles. The Balaban J connectivity index is 1.52. The summed E-state index contributed by atoms with van der Waals surface area (Å²) in [7, 11) is 0. The first kappa shape index (κ1) is 20.0. The summed E-state index contributed by atoms with van der Waals surface area (Å²) in [4.78, 5) is 12.3. The van der Waals surface area contributed by atoms with E-state index in [0.717, 1.165) is 27.4 Å². The molecule has 0 radical (unpaired) electrons. The number of nitrogens with one attached hydrogen (secondary N) is 1. The van der Waals surface area contributed by atoms with Crippen LogP contribution in [0.2, 0.25) is 10.0 Å². The van der Waals surface area contributed by atoms with Gasteiger partial charge in [-0.25, -0.2) is 0 Å². The Kier molecular flexibility index (Phi) is 5.67. The molecule has 4 rings (SSSR count). The van der Waals surface area contributed by atoms with Crippen LogP contribution in [0.3, 0.4) is 0 Å². The predicted molar refractivity (Wildman–Crippen MR) is 120 cm³/mol. The van der Waals surface area contributed by atoms with Gasteiger partial charge in [-0.2, -0.15) is 0 Å². The quantitative estimate of drug-likeness (QED) is 0.387. The van der Waals surface area contributed by atoms with Gasteiger partial charge in [-0.1, -0.05) is 53.2 Å². The van der Waals surface area contributed by atoms with Crippen LogP contribution < -0.4 is 5.32 Å². The molecule has 0 aliphatic carbocycles. The number of amides is 1. The Labute approximate surface area is 182 Å². The molecule has 5 nitrogen and oxygen atoms in total. The van der Waals surface area contributed by atoms with E-state index in [0.29, 0.717) is 27.9 Å². The van der Waals surface area contributed by atoms with Crippen molar-refractivity contribution in [2.75, 3.05) is 11.1 Å². The van der Waals surface area contributed by atoms with Gasteiger partial charge in [0, 0.05) is 22.6 Å². The third kappa shape index (κ3) is 4.06. The minimum absolute atomic E-state index is 0.132.